The van der Waals surface area contributed by atoms with Gasteiger partial charge >= 0.3 is 0 Å². The van der Waals surface area contributed by atoms with Crippen molar-refractivity contribution in [1.29, 1.82) is 0 Å². The van der Waals surface area contributed by atoms with E-state index in [2.05, 4.69) is 42.6 Å². The molecule has 1 aromatic rings. The summed E-state index contributed by atoms with van der Waals surface area (Å²) in [6.07, 6.45) is 10.6. The van der Waals surface area contributed by atoms with E-state index in [9.17, 15) is 0 Å². The minimum Gasteiger partial charge on any atom is -0.493 e. The fourth-order valence-electron chi connectivity index (χ4n) is 3.17. The van der Waals surface area contributed by atoms with Crippen LogP contribution in [0, 0.1) is 6.92 Å². The normalized spacial score (nSPS) is 26.4. The predicted molar refractivity (Wildman–Crippen MR) is 78.6 cm³/mol. The van der Waals surface area contributed by atoms with Gasteiger partial charge in [-0.2, -0.15) is 0 Å². The first-order valence-electron chi connectivity index (χ1n) is 7.48. The van der Waals surface area contributed by atoms with Crippen molar-refractivity contribution in [3.8, 4) is 5.75 Å². The average molecular weight is 257 g/mol. The van der Waals surface area contributed by atoms with Crippen LogP contribution in [-0.4, -0.2) is 12.6 Å². The summed E-state index contributed by atoms with van der Waals surface area (Å²) in [7, 11) is 0. The Morgan fingerprint density at radius 1 is 1.21 bits per heavy atom. The summed E-state index contributed by atoms with van der Waals surface area (Å²) in [5.41, 5.74) is 2.61. The van der Waals surface area contributed by atoms with E-state index in [1.165, 1.54) is 36.8 Å². The largest absolute Gasteiger partial charge is 0.493 e. The Hall–Kier alpha value is -1.28. The monoisotopic (exact) mass is 257 g/mol. The molecule has 2 unspecified atom stereocenters. The van der Waals surface area contributed by atoms with Crippen molar-refractivity contribution in [3.05, 3.63) is 41.5 Å². The fourth-order valence-corrected chi connectivity index (χ4v) is 3.17. The number of benzene rings is 1. The van der Waals surface area contributed by atoms with Crippen LogP contribution in [-0.2, 0) is 0 Å². The molecule has 3 rings (SSSR count). The number of hydrogen-bond acceptors (Lipinski definition) is 2. The third-order valence-electron chi connectivity index (χ3n) is 4.21. The Labute approximate surface area is 115 Å². The second-order valence-electron chi connectivity index (χ2n) is 5.68. The van der Waals surface area contributed by atoms with Crippen LogP contribution in [0.15, 0.2) is 30.4 Å². The number of hydrogen-bond donors (Lipinski definition) is 1. The van der Waals surface area contributed by atoms with Gasteiger partial charge in [0.25, 0.3) is 0 Å². The molecule has 0 fully saturated rings. The van der Waals surface area contributed by atoms with E-state index in [0.29, 0.717) is 12.1 Å². The first-order valence-corrected chi connectivity index (χ1v) is 7.48. The van der Waals surface area contributed by atoms with E-state index in [-0.39, 0.29) is 0 Å². The summed E-state index contributed by atoms with van der Waals surface area (Å²) in [6, 6.07) is 7.60. The molecule has 1 heterocycles. The first kappa shape index (κ1) is 12.7. The van der Waals surface area contributed by atoms with E-state index in [1.54, 1.807) is 0 Å². The average Bonchev–Trinajstić information content (AvgIpc) is 2.64. The summed E-state index contributed by atoms with van der Waals surface area (Å²) in [5, 5.41) is 3.85. The smallest absolute Gasteiger partial charge is 0.126 e. The van der Waals surface area contributed by atoms with Crippen molar-refractivity contribution < 1.29 is 4.74 Å². The number of aryl methyl sites for hydroxylation is 1. The second-order valence-corrected chi connectivity index (χ2v) is 5.68. The zero-order valence-corrected chi connectivity index (χ0v) is 11.7. The van der Waals surface area contributed by atoms with Crippen LogP contribution in [0.4, 0.5) is 0 Å². The summed E-state index contributed by atoms with van der Waals surface area (Å²) in [6.45, 7) is 2.99. The molecule has 2 atom stereocenters. The predicted octanol–water partition coefficient (Wildman–Crippen LogP) is 3.91. The van der Waals surface area contributed by atoms with E-state index in [0.717, 1.165) is 18.8 Å². The summed E-state index contributed by atoms with van der Waals surface area (Å²) in [5.74, 6) is 1.11. The molecule has 0 radical (unpaired) electrons. The number of fused-ring (bicyclic) bond motifs is 1. The van der Waals surface area contributed by atoms with Gasteiger partial charge in [-0.3, -0.25) is 0 Å². The topological polar surface area (TPSA) is 21.3 Å². The molecule has 0 amide bonds. The lowest BCUT2D eigenvalue weighted by Gasteiger charge is -2.26. The minimum atomic E-state index is 0.453. The Morgan fingerprint density at radius 2 is 2.16 bits per heavy atom. The van der Waals surface area contributed by atoms with Crippen LogP contribution >= 0.6 is 0 Å². The van der Waals surface area contributed by atoms with Crippen molar-refractivity contribution in [2.24, 2.45) is 0 Å². The fraction of sp³-hybridized carbons (Fsp3) is 0.529. The van der Waals surface area contributed by atoms with Crippen LogP contribution in [0.25, 0.3) is 0 Å². The number of nitrogens with one attached hydrogen (secondary N) is 1. The van der Waals surface area contributed by atoms with Crippen LogP contribution in [0.2, 0.25) is 0 Å². The van der Waals surface area contributed by atoms with Gasteiger partial charge in [-0.05, 0) is 44.6 Å². The van der Waals surface area contributed by atoms with Crippen LogP contribution < -0.4 is 10.1 Å². The third kappa shape index (κ3) is 2.84. The molecular formula is C17H23NO. The molecule has 0 aromatic heterocycles. The molecule has 1 aliphatic carbocycles. The second kappa shape index (κ2) is 5.79. The molecule has 19 heavy (non-hydrogen) atoms. The minimum absolute atomic E-state index is 0.453. The number of para-hydroxylation sites is 1. The van der Waals surface area contributed by atoms with Gasteiger partial charge in [0.05, 0.1) is 6.61 Å². The van der Waals surface area contributed by atoms with Gasteiger partial charge in [-0.15, -0.1) is 0 Å². The van der Waals surface area contributed by atoms with Crippen molar-refractivity contribution in [2.75, 3.05) is 6.61 Å². The maximum absolute atomic E-state index is 5.94. The summed E-state index contributed by atoms with van der Waals surface area (Å²) in [4.78, 5) is 0. The number of rotatable bonds is 2. The lowest BCUT2D eigenvalue weighted by molar-refractivity contribution is 0.312. The van der Waals surface area contributed by atoms with E-state index < -0.39 is 0 Å². The highest BCUT2D eigenvalue weighted by atomic mass is 16.5. The maximum Gasteiger partial charge on any atom is 0.126 e. The van der Waals surface area contributed by atoms with Gasteiger partial charge in [-0.1, -0.05) is 30.4 Å². The lowest BCUT2D eigenvalue weighted by atomic mass is 9.96. The number of allylic oxidation sites excluding steroid dienone is 1. The Bertz CT molecular complexity index is 466. The molecule has 1 aliphatic heterocycles. The quantitative estimate of drug-likeness (QED) is 0.811. The summed E-state index contributed by atoms with van der Waals surface area (Å²) >= 11 is 0. The first-order chi connectivity index (χ1) is 9.34. The molecule has 2 nitrogen and oxygen atoms in total. The molecule has 102 valence electrons. The highest BCUT2D eigenvalue weighted by Crippen LogP contribution is 2.34. The van der Waals surface area contributed by atoms with Gasteiger partial charge in [0.15, 0.2) is 0 Å². The van der Waals surface area contributed by atoms with Gasteiger partial charge in [0, 0.05) is 17.6 Å². The van der Waals surface area contributed by atoms with Crippen LogP contribution in [0.5, 0.6) is 5.75 Å². The van der Waals surface area contributed by atoms with Gasteiger partial charge < -0.3 is 10.1 Å². The molecule has 1 N–H and O–H groups in total. The molecule has 0 bridgehead atoms. The van der Waals surface area contributed by atoms with Crippen molar-refractivity contribution in [2.45, 2.75) is 51.1 Å². The Kier molecular flexibility index (Phi) is 3.88. The molecule has 0 saturated heterocycles. The molecular weight excluding hydrogens is 234 g/mol. The molecule has 2 aliphatic rings. The van der Waals surface area contributed by atoms with E-state index in [4.69, 9.17) is 4.74 Å². The van der Waals surface area contributed by atoms with Crippen LogP contribution in [0.1, 0.15) is 49.3 Å². The van der Waals surface area contributed by atoms with Crippen molar-refractivity contribution in [3.63, 3.8) is 0 Å². The summed E-state index contributed by atoms with van der Waals surface area (Å²) < 4.78 is 5.94. The van der Waals surface area contributed by atoms with Gasteiger partial charge in [0.2, 0.25) is 0 Å². The van der Waals surface area contributed by atoms with Crippen molar-refractivity contribution in [1.82, 2.24) is 5.32 Å². The van der Waals surface area contributed by atoms with E-state index in [1.807, 2.05) is 0 Å². The van der Waals surface area contributed by atoms with Gasteiger partial charge in [-0.25, -0.2) is 0 Å². The van der Waals surface area contributed by atoms with Crippen molar-refractivity contribution >= 4 is 0 Å². The van der Waals surface area contributed by atoms with Gasteiger partial charge in [0.1, 0.15) is 5.75 Å². The van der Waals surface area contributed by atoms with Crippen LogP contribution in [0.3, 0.4) is 0 Å². The SMILES string of the molecule is Cc1cccc2c1OCCCC2NC1CC=CCC1. The molecule has 1 aromatic carbocycles. The maximum atomic E-state index is 5.94. The molecule has 2 heteroatoms. The Morgan fingerprint density at radius 3 is 3.00 bits per heavy atom. The highest BCUT2D eigenvalue weighted by molar-refractivity contribution is 5.43. The highest BCUT2D eigenvalue weighted by Gasteiger charge is 2.23. The molecule has 0 spiro atoms. The standard InChI is InChI=1S/C17H23NO/c1-13-7-5-10-15-16(11-6-12-19-17(13)15)18-14-8-3-2-4-9-14/h2-3,5,7,10,14,16,18H,4,6,8-9,11-12H2,1H3. The zero-order chi connectivity index (χ0) is 13.1. The Balaban J connectivity index is 1.81. The molecule has 0 saturated carbocycles. The third-order valence-corrected chi connectivity index (χ3v) is 4.21. The zero-order valence-electron chi connectivity index (χ0n) is 11.7. The lowest BCUT2D eigenvalue weighted by Crippen LogP contribution is -2.33. The number of ether oxygens (including phenoxy) is 1. The van der Waals surface area contributed by atoms with E-state index >= 15 is 0 Å².